The zero-order valence-corrected chi connectivity index (χ0v) is 9.16. The number of carbonyl (C=O) groups excluding carboxylic acids is 1. The largest absolute Gasteiger partial charge is 0.453 e. The van der Waals surface area contributed by atoms with Crippen molar-refractivity contribution in [3.63, 3.8) is 0 Å². The summed E-state index contributed by atoms with van der Waals surface area (Å²) in [6.45, 7) is 0. The van der Waals surface area contributed by atoms with Crippen LogP contribution in [0.15, 0.2) is 46.2 Å². The van der Waals surface area contributed by atoms with Gasteiger partial charge in [0.1, 0.15) is 5.76 Å². The lowest BCUT2D eigenvalue weighted by atomic mass is 10.1. The predicted molar refractivity (Wildman–Crippen MR) is 64.9 cm³/mol. The van der Waals surface area contributed by atoms with Crippen molar-refractivity contribution in [3.8, 4) is 11.3 Å². The molecule has 0 aliphatic rings. The van der Waals surface area contributed by atoms with E-state index in [-0.39, 0.29) is 0 Å². The number of fused-ring (bicyclic) bond motifs is 1. The highest BCUT2D eigenvalue weighted by Gasteiger charge is 2.05. The maximum atomic E-state index is 10.5. The van der Waals surface area contributed by atoms with Gasteiger partial charge < -0.3 is 4.42 Å². The molecule has 0 saturated carbocycles. The Labute approximate surface area is 96.1 Å². The topological polar surface area (TPSA) is 30.2 Å². The van der Waals surface area contributed by atoms with Gasteiger partial charge in [-0.15, -0.1) is 11.3 Å². The van der Waals surface area contributed by atoms with Gasteiger partial charge >= 0.3 is 0 Å². The molecule has 78 valence electrons. The van der Waals surface area contributed by atoms with Crippen LogP contribution < -0.4 is 0 Å². The first-order valence-electron chi connectivity index (χ1n) is 4.89. The van der Waals surface area contributed by atoms with Crippen LogP contribution in [0.4, 0.5) is 0 Å². The second-order valence-electron chi connectivity index (χ2n) is 3.49. The number of hydrogen-bond acceptors (Lipinski definition) is 3. The Bertz CT molecular complexity index is 649. The van der Waals surface area contributed by atoms with Crippen LogP contribution in [0.25, 0.3) is 21.4 Å². The molecule has 0 aliphatic heterocycles. The maximum Gasteiger partial charge on any atom is 0.185 e. The van der Waals surface area contributed by atoms with Crippen LogP contribution in [0.3, 0.4) is 0 Å². The minimum absolute atomic E-state index is 0.361. The van der Waals surface area contributed by atoms with Crippen LogP contribution >= 0.6 is 11.3 Å². The van der Waals surface area contributed by atoms with E-state index in [4.69, 9.17) is 4.42 Å². The number of carbonyl (C=O) groups is 1. The first-order chi connectivity index (χ1) is 7.86. The number of benzene rings is 1. The van der Waals surface area contributed by atoms with Gasteiger partial charge in [0.2, 0.25) is 0 Å². The van der Waals surface area contributed by atoms with Crippen LogP contribution in [0.5, 0.6) is 0 Å². The standard InChI is InChI=1S/C13H8O2S/c14-8-11-2-3-12(15-11)9-1-4-13-10(7-9)5-6-16-13/h1-8H. The van der Waals surface area contributed by atoms with E-state index in [9.17, 15) is 4.79 Å². The smallest absolute Gasteiger partial charge is 0.185 e. The molecule has 2 nitrogen and oxygen atoms in total. The second kappa shape index (κ2) is 3.61. The molecule has 0 aliphatic carbocycles. The van der Waals surface area contributed by atoms with Crippen molar-refractivity contribution in [2.24, 2.45) is 0 Å². The van der Waals surface area contributed by atoms with Gasteiger partial charge in [-0.05, 0) is 47.2 Å². The number of thiophene rings is 1. The molecule has 0 N–H and O–H groups in total. The fourth-order valence-electron chi connectivity index (χ4n) is 1.69. The van der Waals surface area contributed by atoms with E-state index in [0.717, 1.165) is 11.3 Å². The Morgan fingerprint density at radius 2 is 2.06 bits per heavy atom. The Morgan fingerprint density at radius 1 is 1.12 bits per heavy atom. The third kappa shape index (κ3) is 1.46. The van der Waals surface area contributed by atoms with E-state index >= 15 is 0 Å². The Morgan fingerprint density at radius 3 is 2.88 bits per heavy atom. The number of rotatable bonds is 2. The van der Waals surface area contributed by atoms with Crippen LogP contribution in [-0.2, 0) is 0 Å². The quantitative estimate of drug-likeness (QED) is 0.621. The van der Waals surface area contributed by atoms with E-state index in [1.54, 1.807) is 17.4 Å². The SMILES string of the molecule is O=Cc1ccc(-c2ccc3sccc3c2)o1. The van der Waals surface area contributed by atoms with Crippen molar-refractivity contribution < 1.29 is 9.21 Å². The summed E-state index contributed by atoms with van der Waals surface area (Å²) in [7, 11) is 0. The molecule has 0 radical (unpaired) electrons. The summed E-state index contributed by atoms with van der Waals surface area (Å²) in [4.78, 5) is 10.5. The lowest BCUT2D eigenvalue weighted by molar-refractivity contribution is 0.110. The Kier molecular flexibility index (Phi) is 2.11. The van der Waals surface area contributed by atoms with Crippen molar-refractivity contribution >= 4 is 27.7 Å². The average Bonchev–Trinajstić information content (AvgIpc) is 2.96. The molecular formula is C13H8O2S. The lowest BCUT2D eigenvalue weighted by Crippen LogP contribution is -1.73. The number of aldehydes is 1. The molecule has 3 rings (SSSR count). The molecule has 0 atom stereocenters. The monoisotopic (exact) mass is 228 g/mol. The van der Waals surface area contributed by atoms with Crippen molar-refractivity contribution in [2.75, 3.05) is 0 Å². The summed E-state index contributed by atoms with van der Waals surface area (Å²) in [6.07, 6.45) is 0.715. The fourth-order valence-corrected chi connectivity index (χ4v) is 2.46. The molecule has 0 spiro atoms. The van der Waals surface area contributed by atoms with Gasteiger partial charge in [-0.3, -0.25) is 4.79 Å². The fraction of sp³-hybridized carbons (Fsp3) is 0. The Hall–Kier alpha value is -1.87. The summed E-state index contributed by atoms with van der Waals surface area (Å²) in [5.74, 6) is 1.09. The summed E-state index contributed by atoms with van der Waals surface area (Å²) in [5, 5.41) is 3.26. The van der Waals surface area contributed by atoms with Gasteiger partial charge in [0.15, 0.2) is 12.0 Å². The molecular weight excluding hydrogens is 220 g/mol. The average molecular weight is 228 g/mol. The van der Waals surface area contributed by atoms with E-state index < -0.39 is 0 Å². The molecule has 0 saturated heterocycles. The third-order valence-electron chi connectivity index (χ3n) is 2.48. The van der Waals surface area contributed by atoms with Gasteiger partial charge in [-0.1, -0.05) is 0 Å². The van der Waals surface area contributed by atoms with Crippen molar-refractivity contribution in [3.05, 3.63) is 47.5 Å². The molecule has 2 heterocycles. The lowest BCUT2D eigenvalue weighted by Gasteiger charge is -1.96. The first kappa shape index (κ1) is 9.36. The van der Waals surface area contributed by atoms with Crippen LogP contribution in [-0.4, -0.2) is 6.29 Å². The molecule has 3 heteroatoms. The molecule has 2 aromatic heterocycles. The zero-order valence-electron chi connectivity index (χ0n) is 8.34. The Balaban J connectivity index is 2.13. The van der Waals surface area contributed by atoms with E-state index in [0.29, 0.717) is 12.0 Å². The van der Waals surface area contributed by atoms with Gasteiger partial charge in [0.25, 0.3) is 0 Å². The molecule has 0 amide bonds. The summed E-state index contributed by atoms with van der Waals surface area (Å²) < 4.78 is 6.64. The minimum Gasteiger partial charge on any atom is -0.453 e. The van der Waals surface area contributed by atoms with Crippen LogP contribution in [0, 0.1) is 0 Å². The predicted octanol–water partition coefficient (Wildman–Crippen LogP) is 3.97. The van der Waals surface area contributed by atoms with E-state index in [1.165, 1.54) is 10.1 Å². The number of hydrogen-bond donors (Lipinski definition) is 0. The second-order valence-corrected chi connectivity index (χ2v) is 4.44. The zero-order chi connectivity index (χ0) is 11.0. The first-order valence-corrected chi connectivity index (χ1v) is 5.77. The minimum atomic E-state index is 0.361. The number of furan rings is 1. The molecule has 0 fully saturated rings. The highest BCUT2D eigenvalue weighted by atomic mass is 32.1. The van der Waals surface area contributed by atoms with Crippen LogP contribution in [0.2, 0.25) is 0 Å². The maximum absolute atomic E-state index is 10.5. The molecule has 1 aromatic carbocycles. The van der Waals surface area contributed by atoms with Gasteiger partial charge in [0.05, 0.1) is 0 Å². The molecule has 0 bridgehead atoms. The molecule has 0 unspecified atom stereocenters. The van der Waals surface area contributed by atoms with Crippen molar-refractivity contribution in [1.82, 2.24) is 0 Å². The van der Waals surface area contributed by atoms with Crippen molar-refractivity contribution in [1.29, 1.82) is 0 Å². The molecule has 16 heavy (non-hydrogen) atoms. The third-order valence-corrected chi connectivity index (χ3v) is 3.38. The summed E-state index contributed by atoms with van der Waals surface area (Å²) >= 11 is 1.71. The highest BCUT2D eigenvalue weighted by molar-refractivity contribution is 7.17. The summed E-state index contributed by atoms with van der Waals surface area (Å²) in [6, 6.07) is 11.7. The summed E-state index contributed by atoms with van der Waals surface area (Å²) in [5.41, 5.74) is 0.999. The van der Waals surface area contributed by atoms with Crippen molar-refractivity contribution in [2.45, 2.75) is 0 Å². The molecule has 3 aromatic rings. The van der Waals surface area contributed by atoms with Gasteiger partial charge in [-0.2, -0.15) is 0 Å². The highest BCUT2D eigenvalue weighted by Crippen LogP contribution is 2.28. The van der Waals surface area contributed by atoms with Crippen LogP contribution in [0.1, 0.15) is 10.6 Å². The van der Waals surface area contributed by atoms with Gasteiger partial charge in [0, 0.05) is 10.3 Å². The van der Waals surface area contributed by atoms with Gasteiger partial charge in [-0.25, -0.2) is 0 Å². The normalized spacial score (nSPS) is 10.8. The van der Waals surface area contributed by atoms with E-state index in [2.05, 4.69) is 23.6 Å². The van der Waals surface area contributed by atoms with E-state index in [1.807, 2.05) is 12.1 Å².